The number of hydrogen-bond acceptors (Lipinski definition) is 4. The van der Waals surface area contributed by atoms with Gasteiger partial charge in [0.15, 0.2) is 0 Å². The minimum absolute atomic E-state index is 0.192. The summed E-state index contributed by atoms with van der Waals surface area (Å²) in [6.45, 7) is 4.84. The second-order valence-corrected chi connectivity index (χ2v) is 9.88. The zero-order valence-corrected chi connectivity index (χ0v) is 20.8. The van der Waals surface area contributed by atoms with Crippen LogP contribution in [-0.4, -0.2) is 38.6 Å². The molecule has 4 nitrogen and oxygen atoms in total. The van der Waals surface area contributed by atoms with Crippen LogP contribution in [0.3, 0.4) is 0 Å². The van der Waals surface area contributed by atoms with Crippen molar-refractivity contribution < 1.29 is 18.9 Å². The predicted octanol–water partition coefficient (Wildman–Crippen LogP) is 7.19. The van der Waals surface area contributed by atoms with E-state index in [4.69, 9.17) is 18.9 Å². The third-order valence-corrected chi connectivity index (χ3v) is 7.23. The maximum atomic E-state index is 6.33. The van der Waals surface area contributed by atoms with Gasteiger partial charge in [0.1, 0.15) is 36.9 Å². The normalized spacial score (nSPS) is 18.2. The maximum absolute atomic E-state index is 6.33. The summed E-state index contributed by atoms with van der Waals surface area (Å²) in [6, 6.07) is 32.1. The summed E-state index contributed by atoms with van der Waals surface area (Å²) < 4.78 is 23.4. The molecule has 0 amide bonds. The molecule has 2 saturated heterocycles. The number of aryl methyl sites for hydroxylation is 1. The van der Waals surface area contributed by atoms with Gasteiger partial charge in [0.25, 0.3) is 0 Å². The second-order valence-electron chi connectivity index (χ2n) is 9.88. The van der Waals surface area contributed by atoms with E-state index in [9.17, 15) is 0 Å². The van der Waals surface area contributed by atoms with Crippen molar-refractivity contribution in [3.63, 3.8) is 0 Å². The summed E-state index contributed by atoms with van der Waals surface area (Å²) in [5.74, 6) is 1.76. The average molecular weight is 489 g/mol. The summed E-state index contributed by atoms with van der Waals surface area (Å²) in [7, 11) is 0. The van der Waals surface area contributed by atoms with E-state index >= 15 is 0 Å². The minimum Gasteiger partial charge on any atom is -0.490 e. The summed E-state index contributed by atoms with van der Waals surface area (Å²) in [5.41, 5.74) is 5.70. The van der Waals surface area contributed by atoms with Gasteiger partial charge in [0, 0.05) is 11.1 Å². The lowest BCUT2D eigenvalue weighted by molar-refractivity contribution is 0.264. The van der Waals surface area contributed by atoms with E-state index in [-0.39, 0.29) is 12.2 Å². The molecule has 2 aliphatic heterocycles. The minimum atomic E-state index is 0.192. The van der Waals surface area contributed by atoms with Crippen molar-refractivity contribution in [2.45, 2.75) is 19.1 Å². The SMILES string of the molecule is Cc1ccc(-c2c(OCC3CO3)ccc3ccccc23)cc1-c1c(OCC2CO2)ccc2ccccc12. The van der Waals surface area contributed by atoms with E-state index in [0.717, 1.165) is 47.0 Å². The maximum Gasteiger partial charge on any atom is 0.127 e. The molecule has 0 aliphatic carbocycles. The van der Waals surface area contributed by atoms with Crippen LogP contribution in [0, 0.1) is 6.92 Å². The van der Waals surface area contributed by atoms with Crippen LogP contribution in [0.5, 0.6) is 11.5 Å². The standard InChI is InChI=1S/C33H28O4/c1-21-10-11-24(32-27-8-4-2-6-22(27)12-14-30(32)36-19-25-17-34-25)16-29(21)33-28-9-5-3-7-23(28)13-15-31(33)37-20-26-18-35-26/h2-16,25-26H,17-20H2,1H3. The molecule has 2 aliphatic rings. The monoisotopic (exact) mass is 488 g/mol. The fourth-order valence-corrected chi connectivity index (χ4v) is 5.06. The Labute approximate surface area is 216 Å². The van der Waals surface area contributed by atoms with Crippen LogP contribution < -0.4 is 9.47 Å². The molecule has 4 heteroatoms. The van der Waals surface area contributed by atoms with Crippen molar-refractivity contribution in [3.05, 3.63) is 96.6 Å². The highest BCUT2D eigenvalue weighted by Gasteiger charge is 2.25. The Morgan fingerprint density at radius 1 is 0.649 bits per heavy atom. The van der Waals surface area contributed by atoms with Gasteiger partial charge in [-0.25, -0.2) is 0 Å². The molecule has 37 heavy (non-hydrogen) atoms. The average Bonchev–Trinajstić information content (AvgIpc) is 3.86. The third kappa shape index (κ3) is 4.43. The Balaban J connectivity index is 1.41. The van der Waals surface area contributed by atoms with Crippen molar-refractivity contribution in [1.82, 2.24) is 0 Å². The van der Waals surface area contributed by atoms with Crippen LogP contribution in [0.4, 0.5) is 0 Å². The van der Waals surface area contributed by atoms with Gasteiger partial charge in [-0.15, -0.1) is 0 Å². The fourth-order valence-electron chi connectivity index (χ4n) is 5.06. The van der Waals surface area contributed by atoms with Crippen LogP contribution in [0.1, 0.15) is 5.56 Å². The van der Waals surface area contributed by atoms with Gasteiger partial charge in [0.2, 0.25) is 0 Å². The Bertz CT molecular complexity index is 1610. The Morgan fingerprint density at radius 3 is 1.78 bits per heavy atom. The van der Waals surface area contributed by atoms with Crippen molar-refractivity contribution in [2.24, 2.45) is 0 Å². The van der Waals surface area contributed by atoms with Crippen molar-refractivity contribution in [2.75, 3.05) is 26.4 Å². The highest BCUT2D eigenvalue weighted by atomic mass is 16.6. The smallest absolute Gasteiger partial charge is 0.127 e. The third-order valence-electron chi connectivity index (χ3n) is 7.23. The first-order valence-electron chi connectivity index (χ1n) is 12.9. The molecule has 0 saturated carbocycles. The van der Waals surface area contributed by atoms with Crippen LogP contribution in [0.25, 0.3) is 43.8 Å². The zero-order valence-electron chi connectivity index (χ0n) is 20.8. The zero-order chi connectivity index (χ0) is 24.8. The molecule has 0 spiro atoms. The number of ether oxygens (including phenoxy) is 4. The highest BCUT2D eigenvalue weighted by Crippen LogP contribution is 2.43. The Morgan fingerprint density at radius 2 is 1.19 bits per heavy atom. The second kappa shape index (κ2) is 9.22. The Hall–Kier alpha value is -3.86. The molecule has 2 fully saturated rings. The molecule has 2 heterocycles. The first-order valence-corrected chi connectivity index (χ1v) is 12.9. The van der Waals surface area contributed by atoms with Crippen molar-refractivity contribution in [3.8, 4) is 33.8 Å². The van der Waals surface area contributed by atoms with Crippen LogP contribution >= 0.6 is 0 Å². The Kier molecular flexibility index (Phi) is 5.57. The quantitative estimate of drug-likeness (QED) is 0.217. The first-order chi connectivity index (χ1) is 18.2. The molecule has 5 aromatic carbocycles. The van der Waals surface area contributed by atoms with Crippen molar-refractivity contribution in [1.29, 1.82) is 0 Å². The molecule has 0 radical (unpaired) electrons. The largest absolute Gasteiger partial charge is 0.490 e. The van der Waals surface area contributed by atoms with Gasteiger partial charge in [-0.2, -0.15) is 0 Å². The highest BCUT2D eigenvalue weighted by molar-refractivity contribution is 6.03. The number of benzene rings is 5. The fraction of sp³-hybridized carbons (Fsp3) is 0.212. The molecule has 0 N–H and O–H groups in total. The van der Waals surface area contributed by atoms with E-state index < -0.39 is 0 Å². The molecule has 7 rings (SSSR count). The molecule has 2 unspecified atom stereocenters. The van der Waals surface area contributed by atoms with Gasteiger partial charge in [-0.1, -0.05) is 72.8 Å². The van der Waals surface area contributed by atoms with Gasteiger partial charge < -0.3 is 18.9 Å². The number of rotatable bonds is 8. The van der Waals surface area contributed by atoms with Crippen molar-refractivity contribution >= 4 is 21.5 Å². The lowest BCUT2D eigenvalue weighted by Gasteiger charge is -2.19. The van der Waals surface area contributed by atoms with Gasteiger partial charge >= 0.3 is 0 Å². The summed E-state index contributed by atoms with van der Waals surface area (Å²) >= 11 is 0. The van der Waals surface area contributed by atoms with Gasteiger partial charge in [0.05, 0.1) is 13.2 Å². The molecular formula is C33H28O4. The number of hydrogen-bond donors (Lipinski definition) is 0. The van der Waals surface area contributed by atoms with E-state index in [1.165, 1.54) is 27.1 Å². The van der Waals surface area contributed by atoms with Crippen LogP contribution in [0.2, 0.25) is 0 Å². The number of epoxide rings is 2. The predicted molar refractivity (Wildman–Crippen MR) is 148 cm³/mol. The van der Waals surface area contributed by atoms with Gasteiger partial charge in [-0.3, -0.25) is 0 Å². The first kappa shape index (κ1) is 22.3. The molecule has 0 bridgehead atoms. The van der Waals surface area contributed by atoms with E-state index in [1.54, 1.807) is 0 Å². The van der Waals surface area contributed by atoms with E-state index in [1.807, 2.05) is 0 Å². The van der Waals surface area contributed by atoms with E-state index in [2.05, 4.69) is 97.9 Å². The summed E-state index contributed by atoms with van der Waals surface area (Å²) in [6.07, 6.45) is 0.385. The molecule has 2 atom stereocenters. The molecule has 184 valence electrons. The number of fused-ring (bicyclic) bond motifs is 2. The lowest BCUT2D eigenvalue weighted by Crippen LogP contribution is -2.06. The topological polar surface area (TPSA) is 43.5 Å². The van der Waals surface area contributed by atoms with Crippen LogP contribution in [0.15, 0.2) is 91.0 Å². The molecular weight excluding hydrogens is 460 g/mol. The molecule has 5 aromatic rings. The van der Waals surface area contributed by atoms with Gasteiger partial charge in [-0.05, 0) is 63.4 Å². The summed E-state index contributed by atoms with van der Waals surface area (Å²) in [4.78, 5) is 0. The molecule has 0 aromatic heterocycles. The summed E-state index contributed by atoms with van der Waals surface area (Å²) in [5, 5.41) is 4.73. The van der Waals surface area contributed by atoms with Crippen LogP contribution in [-0.2, 0) is 9.47 Å². The lowest BCUT2D eigenvalue weighted by atomic mass is 9.89. The van der Waals surface area contributed by atoms with E-state index in [0.29, 0.717) is 13.2 Å².